The normalized spacial score (nSPS) is 16.3. The summed E-state index contributed by atoms with van der Waals surface area (Å²) in [6.07, 6.45) is 8.42. The van der Waals surface area contributed by atoms with Gasteiger partial charge in [-0.3, -0.25) is 19.7 Å². The van der Waals surface area contributed by atoms with Crippen molar-refractivity contribution in [1.82, 2.24) is 39.9 Å². The van der Waals surface area contributed by atoms with E-state index in [-0.39, 0.29) is 25.9 Å². The van der Waals surface area contributed by atoms with Crippen LogP contribution < -0.4 is 4.90 Å². The first-order chi connectivity index (χ1) is 15.5. The molecule has 0 spiro atoms. The molecule has 1 aliphatic rings. The number of aryl methyl sites for hydroxylation is 1. The summed E-state index contributed by atoms with van der Waals surface area (Å²) in [5.74, 6) is -2.03. The number of halogens is 2. The van der Waals surface area contributed by atoms with E-state index in [2.05, 4.69) is 30.2 Å². The van der Waals surface area contributed by atoms with Gasteiger partial charge in [0.25, 0.3) is 5.92 Å². The quantitative estimate of drug-likeness (QED) is 0.449. The minimum absolute atomic E-state index is 0.172. The maximum atomic E-state index is 13.6. The SMILES string of the molecule is Cn1cc(-c2cc3c(-c4nc5c(N6CCC(F)(F)CC6)cncc5[nH]4)n[nH]c3cn2)cn1. The highest BCUT2D eigenvalue weighted by Crippen LogP contribution is 2.34. The standard InChI is InChI=1S/C21H19F2N9/c1-31-11-12(7-26-31)14-6-13-15(9-25-14)29-30-18(13)20-27-16-8-24-10-17(19(16)28-20)32-4-2-21(22,23)3-5-32/h6-11H,2-5H2,1H3,(H,27,28)(H,29,30). The first-order valence-electron chi connectivity index (χ1n) is 10.3. The Morgan fingerprint density at radius 2 is 1.91 bits per heavy atom. The molecule has 0 bridgehead atoms. The number of aromatic nitrogens is 8. The molecule has 0 amide bonds. The second kappa shape index (κ2) is 6.81. The maximum Gasteiger partial charge on any atom is 0.251 e. The average Bonchev–Trinajstić information content (AvgIpc) is 3.50. The number of alkyl halides is 2. The van der Waals surface area contributed by atoms with Crippen LogP contribution >= 0.6 is 0 Å². The molecule has 5 aromatic heterocycles. The van der Waals surface area contributed by atoms with Crippen molar-refractivity contribution in [2.24, 2.45) is 7.05 Å². The summed E-state index contributed by atoms with van der Waals surface area (Å²) >= 11 is 0. The van der Waals surface area contributed by atoms with Crippen LogP contribution in [0.25, 0.3) is 44.7 Å². The maximum absolute atomic E-state index is 13.6. The fourth-order valence-electron chi connectivity index (χ4n) is 4.15. The van der Waals surface area contributed by atoms with E-state index in [9.17, 15) is 8.78 Å². The lowest BCUT2D eigenvalue weighted by molar-refractivity contribution is -0.0220. The van der Waals surface area contributed by atoms with Crippen LogP contribution in [0.4, 0.5) is 14.5 Å². The lowest BCUT2D eigenvalue weighted by Gasteiger charge is -2.33. The van der Waals surface area contributed by atoms with Crippen molar-refractivity contribution in [1.29, 1.82) is 0 Å². The third-order valence-corrected chi connectivity index (χ3v) is 5.88. The Morgan fingerprint density at radius 3 is 2.69 bits per heavy atom. The van der Waals surface area contributed by atoms with E-state index in [0.717, 1.165) is 33.4 Å². The third kappa shape index (κ3) is 3.08. The summed E-state index contributed by atoms with van der Waals surface area (Å²) in [5, 5.41) is 12.5. The number of anilines is 1. The summed E-state index contributed by atoms with van der Waals surface area (Å²) in [7, 11) is 1.86. The van der Waals surface area contributed by atoms with Crippen molar-refractivity contribution < 1.29 is 8.78 Å². The van der Waals surface area contributed by atoms with Crippen molar-refractivity contribution in [3.63, 3.8) is 0 Å². The van der Waals surface area contributed by atoms with E-state index in [1.165, 1.54) is 0 Å². The molecular formula is C21H19F2N9. The van der Waals surface area contributed by atoms with Gasteiger partial charge in [0.05, 0.1) is 47.2 Å². The van der Waals surface area contributed by atoms with Gasteiger partial charge >= 0.3 is 0 Å². The molecule has 1 aliphatic heterocycles. The smallest absolute Gasteiger partial charge is 0.251 e. The van der Waals surface area contributed by atoms with Gasteiger partial charge in [0, 0.05) is 50.1 Å². The number of hydrogen-bond donors (Lipinski definition) is 2. The van der Waals surface area contributed by atoms with Crippen LogP contribution in [0, 0.1) is 0 Å². The minimum Gasteiger partial charge on any atom is -0.368 e. The zero-order valence-corrected chi connectivity index (χ0v) is 17.2. The molecule has 0 aliphatic carbocycles. The molecular weight excluding hydrogens is 416 g/mol. The Hall–Kier alpha value is -3.89. The van der Waals surface area contributed by atoms with Crippen molar-refractivity contribution in [3.8, 4) is 22.8 Å². The zero-order valence-electron chi connectivity index (χ0n) is 17.2. The Labute approximate surface area is 180 Å². The Bertz CT molecular complexity index is 1440. The number of nitrogens with zero attached hydrogens (tertiary/aromatic N) is 7. The van der Waals surface area contributed by atoms with Crippen LogP contribution in [0.1, 0.15) is 12.8 Å². The van der Waals surface area contributed by atoms with E-state index in [1.54, 1.807) is 29.5 Å². The third-order valence-electron chi connectivity index (χ3n) is 5.88. The fraction of sp³-hybridized carbons (Fsp3) is 0.286. The van der Waals surface area contributed by atoms with Crippen molar-refractivity contribution >= 4 is 27.6 Å². The molecule has 0 saturated carbocycles. The van der Waals surface area contributed by atoms with Crippen molar-refractivity contribution in [3.05, 3.63) is 37.1 Å². The largest absolute Gasteiger partial charge is 0.368 e. The van der Waals surface area contributed by atoms with E-state index in [0.29, 0.717) is 17.0 Å². The lowest BCUT2D eigenvalue weighted by Crippen LogP contribution is -2.39. The number of aromatic amines is 2. The summed E-state index contributed by atoms with van der Waals surface area (Å²) in [6, 6.07) is 1.95. The van der Waals surface area contributed by atoms with Gasteiger partial charge in [-0.05, 0) is 6.07 Å². The number of fused-ring (bicyclic) bond motifs is 2. The van der Waals surface area contributed by atoms with Gasteiger partial charge < -0.3 is 9.88 Å². The summed E-state index contributed by atoms with van der Waals surface area (Å²) in [5.41, 5.74) is 5.29. The minimum atomic E-state index is -2.61. The van der Waals surface area contributed by atoms with Gasteiger partial charge in [0.15, 0.2) is 5.82 Å². The van der Waals surface area contributed by atoms with Crippen LogP contribution in [0.5, 0.6) is 0 Å². The van der Waals surface area contributed by atoms with Crippen LogP contribution in [0.3, 0.4) is 0 Å². The molecule has 0 radical (unpaired) electrons. The molecule has 5 aromatic rings. The van der Waals surface area contributed by atoms with Crippen molar-refractivity contribution in [2.75, 3.05) is 18.0 Å². The Balaban J connectivity index is 1.42. The lowest BCUT2D eigenvalue weighted by atomic mass is 10.1. The second-order valence-electron chi connectivity index (χ2n) is 8.07. The van der Waals surface area contributed by atoms with Crippen LogP contribution in [0.15, 0.2) is 37.1 Å². The van der Waals surface area contributed by atoms with Gasteiger partial charge in [-0.25, -0.2) is 13.8 Å². The predicted octanol–water partition coefficient (Wildman–Crippen LogP) is 3.53. The highest BCUT2D eigenvalue weighted by atomic mass is 19.3. The molecule has 32 heavy (non-hydrogen) atoms. The number of imidazole rings is 1. The molecule has 6 heterocycles. The van der Waals surface area contributed by atoms with Gasteiger partial charge in [-0.1, -0.05) is 0 Å². The molecule has 9 nitrogen and oxygen atoms in total. The highest BCUT2D eigenvalue weighted by molar-refractivity contribution is 5.96. The molecule has 0 atom stereocenters. The topological polar surface area (TPSA) is 104 Å². The molecule has 1 saturated heterocycles. The number of nitrogens with one attached hydrogen (secondary N) is 2. The molecule has 0 unspecified atom stereocenters. The summed E-state index contributed by atoms with van der Waals surface area (Å²) in [4.78, 5) is 18.8. The Kier molecular flexibility index (Phi) is 4.01. The zero-order chi connectivity index (χ0) is 21.9. The molecule has 2 N–H and O–H groups in total. The molecule has 11 heteroatoms. The fourth-order valence-corrected chi connectivity index (χ4v) is 4.15. The number of hydrogen-bond acceptors (Lipinski definition) is 6. The Morgan fingerprint density at radius 1 is 1.06 bits per heavy atom. The second-order valence-corrected chi connectivity index (χ2v) is 8.07. The molecule has 0 aromatic carbocycles. The van der Waals surface area contributed by atoms with Crippen LogP contribution in [0.2, 0.25) is 0 Å². The van der Waals surface area contributed by atoms with E-state index in [4.69, 9.17) is 4.98 Å². The average molecular weight is 435 g/mol. The molecule has 1 fully saturated rings. The summed E-state index contributed by atoms with van der Waals surface area (Å²) < 4.78 is 29.0. The van der Waals surface area contributed by atoms with Gasteiger partial charge in [0.2, 0.25) is 0 Å². The van der Waals surface area contributed by atoms with E-state index in [1.807, 2.05) is 24.2 Å². The summed E-state index contributed by atoms with van der Waals surface area (Å²) in [6.45, 7) is 0.531. The predicted molar refractivity (Wildman–Crippen MR) is 115 cm³/mol. The first kappa shape index (κ1) is 18.8. The van der Waals surface area contributed by atoms with Crippen LogP contribution in [-0.4, -0.2) is 58.9 Å². The van der Waals surface area contributed by atoms with Gasteiger partial charge in [-0.15, -0.1) is 0 Å². The molecule has 162 valence electrons. The van der Waals surface area contributed by atoms with Gasteiger partial charge in [0.1, 0.15) is 11.2 Å². The van der Waals surface area contributed by atoms with E-state index >= 15 is 0 Å². The first-order valence-corrected chi connectivity index (χ1v) is 10.3. The number of rotatable bonds is 3. The van der Waals surface area contributed by atoms with Gasteiger partial charge in [-0.2, -0.15) is 10.2 Å². The number of pyridine rings is 2. The number of piperidine rings is 1. The highest BCUT2D eigenvalue weighted by Gasteiger charge is 2.34. The monoisotopic (exact) mass is 435 g/mol. The van der Waals surface area contributed by atoms with Crippen molar-refractivity contribution in [2.45, 2.75) is 18.8 Å². The number of H-pyrrole nitrogens is 2. The van der Waals surface area contributed by atoms with E-state index < -0.39 is 5.92 Å². The van der Waals surface area contributed by atoms with Crippen LogP contribution in [-0.2, 0) is 7.05 Å². The molecule has 6 rings (SSSR count).